The zero-order valence-electron chi connectivity index (χ0n) is 14.5. The number of aromatic nitrogens is 2. The summed E-state index contributed by atoms with van der Waals surface area (Å²) in [5.41, 5.74) is 2.84. The molecule has 2 N–H and O–H groups in total. The van der Waals surface area contributed by atoms with E-state index in [1.54, 1.807) is 6.20 Å². The fourth-order valence-corrected chi connectivity index (χ4v) is 3.99. The Labute approximate surface area is 148 Å². The third-order valence-electron chi connectivity index (χ3n) is 5.45. The van der Waals surface area contributed by atoms with Gasteiger partial charge in [-0.05, 0) is 43.0 Å². The van der Waals surface area contributed by atoms with Gasteiger partial charge >= 0.3 is 0 Å². The lowest BCUT2D eigenvalue weighted by Crippen LogP contribution is -3.13. The maximum Gasteiger partial charge on any atom is 0.151 e. The van der Waals surface area contributed by atoms with Crippen LogP contribution in [-0.2, 0) is 0 Å². The van der Waals surface area contributed by atoms with E-state index in [0.717, 1.165) is 30.0 Å². The Morgan fingerprint density at radius 2 is 1.80 bits per heavy atom. The molecule has 0 saturated carbocycles. The van der Waals surface area contributed by atoms with Crippen molar-refractivity contribution >= 4 is 10.9 Å². The highest BCUT2D eigenvalue weighted by molar-refractivity contribution is 5.85. The van der Waals surface area contributed by atoms with Gasteiger partial charge in [-0.15, -0.1) is 0 Å². The van der Waals surface area contributed by atoms with Gasteiger partial charge in [0.25, 0.3) is 0 Å². The van der Waals surface area contributed by atoms with Crippen molar-refractivity contribution in [1.82, 2.24) is 9.97 Å². The van der Waals surface area contributed by atoms with Gasteiger partial charge in [0.1, 0.15) is 11.6 Å². The Bertz CT molecular complexity index is 857. The van der Waals surface area contributed by atoms with Crippen molar-refractivity contribution in [3.63, 3.8) is 0 Å². The van der Waals surface area contributed by atoms with Crippen molar-refractivity contribution in [3.8, 4) is 5.75 Å². The molecular formula is C21H24N3O+. The number of hydrogen-bond donors (Lipinski definition) is 2. The van der Waals surface area contributed by atoms with Gasteiger partial charge in [0, 0.05) is 29.5 Å². The van der Waals surface area contributed by atoms with Gasteiger partial charge in [0.15, 0.2) is 5.75 Å². The van der Waals surface area contributed by atoms with E-state index < -0.39 is 0 Å². The molecule has 0 aliphatic carbocycles. The van der Waals surface area contributed by atoms with Crippen LogP contribution in [0.2, 0.25) is 0 Å². The summed E-state index contributed by atoms with van der Waals surface area (Å²) in [7, 11) is 0. The zero-order chi connectivity index (χ0) is 17.2. The molecule has 1 aliphatic rings. The van der Waals surface area contributed by atoms with Crippen molar-refractivity contribution in [3.05, 3.63) is 66.1 Å². The second-order valence-corrected chi connectivity index (χ2v) is 7.13. The Morgan fingerprint density at radius 1 is 1.04 bits per heavy atom. The molecule has 1 atom stereocenters. The number of phenolic OH excluding ortho intramolecular Hbond substituents is 1. The normalized spacial score (nSPS) is 22.0. The minimum Gasteiger partial charge on any atom is -0.505 e. The smallest absolute Gasteiger partial charge is 0.151 e. The number of quaternary nitrogens is 1. The molecule has 0 bridgehead atoms. The van der Waals surface area contributed by atoms with E-state index in [-0.39, 0.29) is 6.04 Å². The quantitative estimate of drug-likeness (QED) is 0.774. The Kier molecular flexibility index (Phi) is 4.36. The van der Waals surface area contributed by atoms with Crippen molar-refractivity contribution < 1.29 is 10.0 Å². The van der Waals surface area contributed by atoms with Crippen LogP contribution in [0.1, 0.15) is 36.9 Å². The van der Waals surface area contributed by atoms with Crippen molar-refractivity contribution in [2.45, 2.75) is 25.8 Å². The fraction of sp³-hybridized carbons (Fsp3) is 0.333. The summed E-state index contributed by atoms with van der Waals surface area (Å²) in [6.45, 7) is 4.57. The van der Waals surface area contributed by atoms with Crippen LogP contribution in [0.5, 0.6) is 5.75 Å². The van der Waals surface area contributed by atoms with Gasteiger partial charge < -0.3 is 10.0 Å². The van der Waals surface area contributed by atoms with Crippen LogP contribution in [0.3, 0.4) is 0 Å². The number of benzene rings is 1. The highest BCUT2D eigenvalue weighted by Gasteiger charge is 2.32. The first kappa shape index (κ1) is 16.0. The van der Waals surface area contributed by atoms with Crippen LogP contribution in [-0.4, -0.2) is 28.2 Å². The number of nitrogens with one attached hydrogen (secondary N) is 1. The topological polar surface area (TPSA) is 50.5 Å². The van der Waals surface area contributed by atoms with E-state index >= 15 is 0 Å². The van der Waals surface area contributed by atoms with Crippen LogP contribution >= 0.6 is 0 Å². The second-order valence-electron chi connectivity index (χ2n) is 7.13. The Morgan fingerprint density at radius 3 is 2.56 bits per heavy atom. The molecule has 4 heteroatoms. The predicted octanol–water partition coefficient (Wildman–Crippen LogP) is 2.74. The first-order valence-electron chi connectivity index (χ1n) is 9.05. The van der Waals surface area contributed by atoms with Crippen molar-refractivity contribution in [2.75, 3.05) is 13.1 Å². The number of fused-ring (bicyclic) bond motifs is 1. The van der Waals surface area contributed by atoms with Crippen LogP contribution in [0, 0.1) is 5.92 Å². The molecular weight excluding hydrogens is 310 g/mol. The number of rotatable bonds is 3. The van der Waals surface area contributed by atoms with Gasteiger partial charge in [-0.3, -0.25) is 9.97 Å². The summed E-state index contributed by atoms with van der Waals surface area (Å²) in [5, 5.41) is 11.9. The number of hydrogen-bond acceptors (Lipinski definition) is 3. The number of phenols is 1. The molecule has 1 aromatic carbocycles. The molecule has 25 heavy (non-hydrogen) atoms. The highest BCUT2D eigenvalue weighted by atomic mass is 16.3. The number of piperidine rings is 1. The molecule has 2 aromatic heterocycles. The fourth-order valence-electron chi connectivity index (χ4n) is 3.99. The summed E-state index contributed by atoms with van der Waals surface area (Å²) < 4.78 is 0. The van der Waals surface area contributed by atoms with E-state index in [0.29, 0.717) is 11.3 Å². The van der Waals surface area contributed by atoms with E-state index in [9.17, 15) is 5.11 Å². The molecule has 0 unspecified atom stereocenters. The molecule has 1 fully saturated rings. The van der Waals surface area contributed by atoms with Crippen LogP contribution in [0.25, 0.3) is 10.9 Å². The first-order valence-corrected chi connectivity index (χ1v) is 9.05. The summed E-state index contributed by atoms with van der Waals surface area (Å²) >= 11 is 0. The monoisotopic (exact) mass is 334 g/mol. The van der Waals surface area contributed by atoms with Gasteiger partial charge in [-0.1, -0.05) is 19.1 Å². The lowest BCUT2D eigenvalue weighted by molar-refractivity contribution is -0.931. The zero-order valence-corrected chi connectivity index (χ0v) is 14.5. The maximum absolute atomic E-state index is 11.0. The summed E-state index contributed by atoms with van der Waals surface area (Å²) in [5.74, 6) is 1.10. The average molecular weight is 334 g/mol. The van der Waals surface area contributed by atoms with Gasteiger partial charge in [-0.2, -0.15) is 0 Å². The van der Waals surface area contributed by atoms with Gasteiger partial charge in [0.05, 0.1) is 18.7 Å². The Balaban J connectivity index is 1.82. The standard InChI is InChI=1S/C21H23N3O/c1-15-8-13-24(14-9-15)20(17-6-11-22-12-7-17)18-5-4-16-3-2-10-23-19(16)21(18)25/h2-7,10-12,15,20,25H,8-9,13-14H2,1H3/p+1/t20-/m0/s1. The van der Waals surface area contributed by atoms with Gasteiger partial charge in [-0.25, -0.2) is 0 Å². The van der Waals surface area contributed by atoms with E-state index in [1.807, 2.05) is 24.5 Å². The Hall–Kier alpha value is -2.46. The van der Waals surface area contributed by atoms with Crippen molar-refractivity contribution in [2.24, 2.45) is 5.92 Å². The summed E-state index contributed by atoms with van der Waals surface area (Å²) in [4.78, 5) is 10.1. The molecule has 0 amide bonds. The van der Waals surface area contributed by atoms with E-state index in [2.05, 4.69) is 41.2 Å². The number of nitrogens with zero attached hydrogens (tertiary/aromatic N) is 2. The van der Waals surface area contributed by atoms with Gasteiger partial charge in [0.2, 0.25) is 0 Å². The summed E-state index contributed by atoms with van der Waals surface area (Å²) in [6, 6.07) is 12.3. The molecule has 128 valence electrons. The van der Waals surface area contributed by atoms with E-state index in [4.69, 9.17) is 0 Å². The molecule has 1 saturated heterocycles. The number of pyridine rings is 2. The minimum absolute atomic E-state index is 0.113. The molecule has 4 nitrogen and oxygen atoms in total. The highest BCUT2D eigenvalue weighted by Crippen LogP contribution is 2.33. The van der Waals surface area contributed by atoms with Crippen LogP contribution in [0.4, 0.5) is 0 Å². The van der Waals surface area contributed by atoms with E-state index in [1.165, 1.54) is 23.3 Å². The third kappa shape index (κ3) is 3.10. The SMILES string of the molecule is CC1CC[NH+]([C@@H](c2ccncc2)c2ccc3cccnc3c2O)CC1. The molecule has 3 aromatic rings. The molecule has 4 rings (SSSR count). The maximum atomic E-state index is 11.0. The average Bonchev–Trinajstić information content (AvgIpc) is 2.66. The predicted molar refractivity (Wildman–Crippen MR) is 98.6 cm³/mol. The lowest BCUT2D eigenvalue weighted by atomic mass is 9.91. The molecule has 3 heterocycles. The largest absolute Gasteiger partial charge is 0.505 e. The molecule has 0 radical (unpaired) electrons. The van der Waals surface area contributed by atoms with Crippen LogP contribution < -0.4 is 4.90 Å². The molecule has 0 spiro atoms. The van der Waals surface area contributed by atoms with Crippen molar-refractivity contribution in [1.29, 1.82) is 0 Å². The third-order valence-corrected chi connectivity index (χ3v) is 5.45. The first-order chi connectivity index (χ1) is 12.2. The second kappa shape index (κ2) is 6.81. The summed E-state index contributed by atoms with van der Waals surface area (Å²) in [6.07, 6.45) is 7.87. The lowest BCUT2D eigenvalue weighted by Gasteiger charge is -2.34. The number of likely N-dealkylation sites (tertiary alicyclic amines) is 1. The molecule has 1 aliphatic heterocycles. The van der Waals surface area contributed by atoms with Crippen LogP contribution in [0.15, 0.2) is 55.0 Å². The number of aromatic hydroxyl groups is 1. The minimum atomic E-state index is 0.113.